The van der Waals surface area contributed by atoms with Gasteiger partial charge in [-0.1, -0.05) is 20.8 Å². The third-order valence-corrected chi connectivity index (χ3v) is 4.39. The van der Waals surface area contributed by atoms with E-state index in [9.17, 15) is 9.59 Å². The summed E-state index contributed by atoms with van der Waals surface area (Å²) in [5.74, 6) is 0.721. The van der Waals surface area contributed by atoms with Crippen LogP contribution in [-0.4, -0.2) is 48.9 Å². The Labute approximate surface area is 127 Å². The van der Waals surface area contributed by atoms with Crippen molar-refractivity contribution in [3.05, 3.63) is 0 Å². The van der Waals surface area contributed by atoms with Crippen LogP contribution in [0.1, 0.15) is 46.5 Å². The lowest BCUT2D eigenvalue weighted by Crippen LogP contribution is -2.49. The molecule has 2 amide bonds. The zero-order valence-corrected chi connectivity index (χ0v) is 13.6. The van der Waals surface area contributed by atoms with Crippen molar-refractivity contribution in [3.63, 3.8) is 0 Å². The van der Waals surface area contributed by atoms with Crippen LogP contribution in [0, 0.1) is 11.3 Å². The average Bonchev–Trinajstić information content (AvgIpc) is 2.97. The normalized spacial score (nSPS) is 26.7. The van der Waals surface area contributed by atoms with Gasteiger partial charge in [0.25, 0.3) is 0 Å². The minimum Gasteiger partial charge on any atom is -0.354 e. The number of hydrogen-bond donors (Lipinski definition) is 2. The number of amides is 2. The van der Waals surface area contributed by atoms with Crippen molar-refractivity contribution in [1.29, 1.82) is 0 Å². The molecule has 2 rings (SSSR count). The number of nitrogens with zero attached hydrogens (tertiary/aromatic N) is 1. The van der Waals surface area contributed by atoms with Gasteiger partial charge < -0.3 is 15.5 Å². The van der Waals surface area contributed by atoms with E-state index in [0.29, 0.717) is 12.5 Å². The van der Waals surface area contributed by atoms with E-state index < -0.39 is 0 Å². The van der Waals surface area contributed by atoms with Crippen molar-refractivity contribution in [3.8, 4) is 0 Å². The summed E-state index contributed by atoms with van der Waals surface area (Å²) < 4.78 is 0. The summed E-state index contributed by atoms with van der Waals surface area (Å²) in [5, 5.41) is 6.27. The first kappa shape index (κ1) is 16.3. The minimum absolute atomic E-state index is 0.0131. The van der Waals surface area contributed by atoms with Crippen molar-refractivity contribution >= 4 is 11.8 Å². The van der Waals surface area contributed by atoms with Gasteiger partial charge in [-0.05, 0) is 38.1 Å². The highest BCUT2D eigenvalue weighted by Crippen LogP contribution is 2.23. The Balaban J connectivity index is 1.78. The number of carbonyl (C=O) groups excluding carboxylic acids is 2. The highest BCUT2D eigenvalue weighted by atomic mass is 16.2. The number of rotatable bonds is 3. The van der Waals surface area contributed by atoms with Crippen LogP contribution in [0.3, 0.4) is 0 Å². The summed E-state index contributed by atoms with van der Waals surface area (Å²) in [6, 6.07) is -0.0131. The zero-order chi connectivity index (χ0) is 15.5. The molecule has 0 aromatic rings. The summed E-state index contributed by atoms with van der Waals surface area (Å²) in [6.07, 6.45) is 4.14. The highest BCUT2D eigenvalue weighted by molar-refractivity contribution is 5.82. The van der Waals surface area contributed by atoms with Crippen molar-refractivity contribution in [2.45, 2.75) is 52.5 Å². The molecule has 0 spiro atoms. The van der Waals surface area contributed by atoms with Gasteiger partial charge in [-0.2, -0.15) is 0 Å². The second-order valence-electron chi connectivity index (χ2n) is 7.40. The number of likely N-dealkylation sites (tertiary alicyclic amines) is 1. The van der Waals surface area contributed by atoms with Gasteiger partial charge in [0.15, 0.2) is 0 Å². The predicted molar refractivity (Wildman–Crippen MR) is 82.8 cm³/mol. The number of carbonyl (C=O) groups is 2. The molecule has 2 fully saturated rings. The summed E-state index contributed by atoms with van der Waals surface area (Å²) in [4.78, 5) is 26.3. The van der Waals surface area contributed by atoms with E-state index in [4.69, 9.17) is 0 Å². The Kier molecular flexibility index (Phi) is 5.25. The standard InChI is InChI=1S/C16H29N3O2/c1-16(2,3)15(21)19-9-5-6-12(11-19)10-18-14(20)13-7-4-8-17-13/h12-13,17H,4-11H2,1-3H3,(H,18,20). The van der Waals surface area contributed by atoms with E-state index in [0.717, 1.165) is 45.3 Å². The Bertz CT molecular complexity index is 383. The maximum absolute atomic E-state index is 12.3. The summed E-state index contributed by atoms with van der Waals surface area (Å²) in [7, 11) is 0. The maximum atomic E-state index is 12.3. The van der Waals surface area contributed by atoms with Crippen LogP contribution < -0.4 is 10.6 Å². The first-order valence-electron chi connectivity index (χ1n) is 8.18. The predicted octanol–water partition coefficient (Wildman–Crippen LogP) is 1.14. The first-order chi connectivity index (χ1) is 9.88. The second-order valence-corrected chi connectivity index (χ2v) is 7.40. The Morgan fingerprint density at radius 2 is 2.00 bits per heavy atom. The molecule has 2 heterocycles. The van der Waals surface area contributed by atoms with Gasteiger partial charge in [0, 0.05) is 25.0 Å². The molecular weight excluding hydrogens is 266 g/mol. The molecule has 2 N–H and O–H groups in total. The molecule has 21 heavy (non-hydrogen) atoms. The molecule has 0 saturated carbocycles. The molecule has 5 heteroatoms. The number of hydrogen-bond acceptors (Lipinski definition) is 3. The van der Waals surface area contributed by atoms with Crippen LogP contribution >= 0.6 is 0 Å². The lowest BCUT2D eigenvalue weighted by molar-refractivity contribution is -0.141. The fourth-order valence-corrected chi connectivity index (χ4v) is 3.17. The van der Waals surface area contributed by atoms with E-state index in [2.05, 4.69) is 10.6 Å². The molecule has 2 aliphatic heterocycles. The molecule has 2 saturated heterocycles. The summed E-state index contributed by atoms with van der Waals surface area (Å²) in [5.41, 5.74) is -0.321. The van der Waals surface area contributed by atoms with Gasteiger partial charge >= 0.3 is 0 Å². The third-order valence-electron chi connectivity index (χ3n) is 4.39. The van der Waals surface area contributed by atoms with Crippen LogP contribution in [-0.2, 0) is 9.59 Å². The van der Waals surface area contributed by atoms with Crippen LogP contribution in [0.25, 0.3) is 0 Å². The molecule has 2 atom stereocenters. The first-order valence-corrected chi connectivity index (χ1v) is 8.18. The van der Waals surface area contributed by atoms with Crippen molar-refractivity contribution in [2.75, 3.05) is 26.2 Å². The Morgan fingerprint density at radius 3 is 2.62 bits per heavy atom. The van der Waals surface area contributed by atoms with Crippen LogP contribution in [0.2, 0.25) is 0 Å². The SMILES string of the molecule is CC(C)(C)C(=O)N1CCCC(CNC(=O)C2CCCN2)C1. The summed E-state index contributed by atoms with van der Waals surface area (Å²) >= 11 is 0. The van der Waals surface area contributed by atoms with Gasteiger partial charge in [-0.25, -0.2) is 0 Å². The molecule has 120 valence electrons. The highest BCUT2D eigenvalue weighted by Gasteiger charge is 2.31. The molecule has 2 unspecified atom stereocenters. The van der Waals surface area contributed by atoms with Crippen molar-refractivity contribution in [2.24, 2.45) is 11.3 Å². The Morgan fingerprint density at radius 1 is 1.24 bits per heavy atom. The van der Waals surface area contributed by atoms with E-state index >= 15 is 0 Å². The largest absolute Gasteiger partial charge is 0.354 e. The van der Waals surface area contributed by atoms with Gasteiger partial charge in [-0.3, -0.25) is 9.59 Å². The molecule has 0 aromatic heterocycles. The minimum atomic E-state index is -0.321. The topological polar surface area (TPSA) is 61.4 Å². The molecule has 0 aromatic carbocycles. The van der Waals surface area contributed by atoms with E-state index in [1.165, 1.54) is 0 Å². The van der Waals surface area contributed by atoms with Crippen LogP contribution in [0.4, 0.5) is 0 Å². The van der Waals surface area contributed by atoms with E-state index in [1.54, 1.807) is 0 Å². The Hall–Kier alpha value is -1.10. The maximum Gasteiger partial charge on any atom is 0.237 e. The third kappa shape index (κ3) is 4.43. The smallest absolute Gasteiger partial charge is 0.237 e. The molecule has 0 aliphatic carbocycles. The van der Waals surface area contributed by atoms with Crippen molar-refractivity contribution < 1.29 is 9.59 Å². The van der Waals surface area contributed by atoms with Crippen LogP contribution in [0.5, 0.6) is 0 Å². The van der Waals surface area contributed by atoms with Gasteiger partial charge in [0.05, 0.1) is 6.04 Å². The van der Waals surface area contributed by atoms with Gasteiger partial charge in [-0.15, -0.1) is 0 Å². The molecule has 5 nitrogen and oxygen atoms in total. The quantitative estimate of drug-likeness (QED) is 0.821. The molecule has 0 bridgehead atoms. The monoisotopic (exact) mass is 295 g/mol. The lowest BCUT2D eigenvalue weighted by atomic mass is 9.91. The van der Waals surface area contributed by atoms with E-state index in [1.807, 2.05) is 25.7 Å². The number of piperidine rings is 1. The molecule has 0 radical (unpaired) electrons. The summed E-state index contributed by atoms with van der Waals surface area (Å²) in [6.45, 7) is 9.14. The fraction of sp³-hybridized carbons (Fsp3) is 0.875. The van der Waals surface area contributed by atoms with Crippen molar-refractivity contribution in [1.82, 2.24) is 15.5 Å². The van der Waals surface area contributed by atoms with Gasteiger partial charge in [0.1, 0.15) is 0 Å². The van der Waals surface area contributed by atoms with Crippen LogP contribution in [0.15, 0.2) is 0 Å². The molecule has 2 aliphatic rings. The molecular formula is C16H29N3O2. The lowest BCUT2D eigenvalue weighted by Gasteiger charge is -2.36. The average molecular weight is 295 g/mol. The fourth-order valence-electron chi connectivity index (χ4n) is 3.17. The second kappa shape index (κ2) is 6.77. The number of nitrogens with one attached hydrogen (secondary N) is 2. The zero-order valence-electron chi connectivity index (χ0n) is 13.6. The van der Waals surface area contributed by atoms with E-state index in [-0.39, 0.29) is 23.3 Å². The van der Waals surface area contributed by atoms with Gasteiger partial charge in [0.2, 0.25) is 11.8 Å².